The predicted octanol–water partition coefficient (Wildman–Crippen LogP) is 1.15. The molecule has 2 nitrogen and oxygen atoms in total. The number of hydrogen-bond acceptors (Lipinski definition) is 2. The van der Waals surface area contributed by atoms with Crippen LogP contribution < -0.4 is 5.73 Å². The lowest BCUT2D eigenvalue weighted by Gasteiger charge is -2.41. The number of likely N-dealkylation sites (N-methyl/N-ethyl adjacent to an activating group) is 1. The van der Waals surface area contributed by atoms with Gasteiger partial charge in [0, 0.05) is 6.04 Å². The van der Waals surface area contributed by atoms with Gasteiger partial charge in [0.05, 0.1) is 5.54 Å². The van der Waals surface area contributed by atoms with Gasteiger partial charge in [0.15, 0.2) is 0 Å². The Kier molecular flexibility index (Phi) is 2.40. The molecule has 0 heterocycles. The van der Waals surface area contributed by atoms with Crippen LogP contribution in [0.15, 0.2) is 23.8 Å². The molecule has 0 radical (unpaired) electrons. The van der Waals surface area contributed by atoms with Crippen LogP contribution in [0.1, 0.15) is 13.8 Å². The van der Waals surface area contributed by atoms with Crippen LogP contribution in [0, 0.1) is 0 Å². The van der Waals surface area contributed by atoms with Crippen molar-refractivity contribution in [2.24, 2.45) is 5.73 Å². The van der Waals surface area contributed by atoms with E-state index >= 15 is 0 Å². The van der Waals surface area contributed by atoms with Crippen LogP contribution in [0.4, 0.5) is 0 Å². The van der Waals surface area contributed by atoms with Crippen LogP contribution in [0.25, 0.3) is 0 Å². The van der Waals surface area contributed by atoms with Gasteiger partial charge in [-0.1, -0.05) is 23.8 Å². The van der Waals surface area contributed by atoms with Gasteiger partial charge in [0.2, 0.25) is 0 Å². The average Bonchev–Trinajstić information content (AvgIpc) is 2.00. The van der Waals surface area contributed by atoms with E-state index in [0.717, 1.165) is 0 Å². The highest BCUT2D eigenvalue weighted by atomic mass is 15.2. The molecular formula is C10H18N2. The molecule has 2 N–H and O–H groups in total. The first-order chi connectivity index (χ1) is 5.48. The third-order valence-electron chi connectivity index (χ3n) is 2.88. The van der Waals surface area contributed by atoms with Crippen molar-refractivity contribution in [1.82, 2.24) is 4.90 Å². The topological polar surface area (TPSA) is 29.3 Å². The van der Waals surface area contributed by atoms with Crippen molar-refractivity contribution < 1.29 is 0 Å². The lowest BCUT2D eigenvalue weighted by Crippen LogP contribution is -2.55. The van der Waals surface area contributed by atoms with Gasteiger partial charge in [-0.05, 0) is 27.9 Å². The van der Waals surface area contributed by atoms with E-state index in [1.807, 2.05) is 0 Å². The molecule has 2 heteroatoms. The van der Waals surface area contributed by atoms with Crippen LogP contribution in [0.2, 0.25) is 0 Å². The molecular weight excluding hydrogens is 148 g/mol. The first kappa shape index (κ1) is 9.49. The summed E-state index contributed by atoms with van der Waals surface area (Å²) in [5.41, 5.74) is 7.31. The van der Waals surface area contributed by atoms with Crippen molar-refractivity contribution in [3.63, 3.8) is 0 Å². The maximum absolute atomic E-state index is 6.10. The van der Waals surface area contributed by atoms with Crippen LogP contribution >= 0.6 is 0 Å². The molecule has 0 aromatic rings. The molecule has 68 valence electrons. The van der Waals surface area contributed by atoms with Crippen molar-refractivity contribution in [3.8, 4) is 0 Å². The highest BCUT2D eigenvalue weighted by Crippen LogP contribution is 2.25. The van der Waals surface area contributed by atoms with Gasteiger partial charge >= 0.3 is 0 Å². The van der Waals surface area contributed by atoms with E-state index in [0.29, 0.717) is 0 Å². The van der Waals surface area contributed by atoms with Crippen LogP contribution in [0.3, 0.4) is 0 Å². The summed E-state index contributed by atoms with van der Waals surface area (Å²) in [6.45, 7) is 4.24. The fourth-order valence-electron chi connectivity index (χ4n) is 1.49. The molecule has 0 saturated carbocycles. The summed E-state index contributed by atoms with van der Waals surface area (Å²) in [5.74, 6) is 0. The highest BCUT2D eigenvalue weighted by molar-refractivity contribution is 5.31. The summed E-state index contributed by atoms with van der Waals surface area (Å²) < 4.78 is 0. The number of hydrogen-bond donors (Lipinski definition) is 1. The van der Waals surface area contributed by atoms with Crippen molar-refractivity contribution >= 4 is 0 Å². The van der Waals surface area contributed by atoms with Gasteiger partial charge in [-0.25, -0.2) is 0 Å². The molecule has 0 fully saturated rings. The van der Waals surface area contributed by atoms with Gasteiger partial charge < -0.3 is 5.73 Å². The zero-order chi connectivity index (χ0) is 9.35. The molecule has 0 saturated heterocycles. The highest BCUT2D eigenvalue weighted by Gasteiger charge is 2.33. The van der Waals surface area contributed by atoms with E-state index in [1.165, 1.54) is 5.57 Å². The van der Waals surface area contributed by atoms with Gasteiger partial charge in [-0.3, -0.25) is 4.90 Å². The van der Waals surface area contributed by atoms with Crippen LogP contribution in [0.5, 0.6) is 0 Å². The Morgan fingerprint density at radius 1 is 1.50 bits per heavy atom. The fraction of sp³-hybridized carbons (Fsp3) is 0.600. The lowest BCUT2D eigenvalue weighted by molar-refractivity contribution is 0.203. The summed E-state index contributed by atoms with van der Waals surface area (Å²) in [6, 6.07) is 0.109. The van der Waals surface area contributed by atoms with Gasteiger partial charge in [0.1, 0.15) is 0 Å². The molecule has 1 rings (SSSR count). The molecule has 1 aliphatic rings. The van der Waals surface area contributed by atoms with E-state index in [1.54, 1.807) is 0 Å². The minimum Gasteiger partial charge on any atom is -0.322 e. The Morgan fingerprint density at radius 3 is 2.50 bits per heavy atom. The Balaban J connectivity index is 2.95. The maximum Gasteiger partial charge on any atom is 0.0551 e. The van der Waals surface area contributed by atoms with Gasteiger partial charge in [0.25, 0.3) is 0 Å². The number of nitrogens with two attached hydrogens (primary N) is 1. The second-order valence-electron chi connectivity index (χ2n) is 3.87. The minimum atomic E-state index is -0.0289. The zero-order valence-electron chi connectivity index (χ0n) is 8.33. The fourth-order valence-corrected chi connectivity index (χ4v) is 1.49. The first-order valence-electron chi connectivity index (χ1n) is 4.27. The van der Waals surface area contributed by atoms with Crippen molar-refractivity contribution in [2.75, 3.05) is 14.1 Å². The monoisotopic (exact) mass is 166 g/mol. The smallest absolute Gasteiger partial charge is 0.0551 e. The summed E-state index contributed by atoms with van der Waals surface area (Å²) in [6.07, 6.45) is 6.32. The quantitative estimate of drug-likeness (QED) is 0.633. The molecule has 0 amide bonds. The summed E-state index contributed by atoms with van der Waals surface area (Å²) in [5, 5.41) is 0. The summed E-state index contributed by atoms with van der Waals surface area (Å²) >= 11 is 0. The lowest BCUT2D eigenvalue weighted by atomic mass is 9.83. The molecule has 12 heavy (non-hydrogen) atoms. The predicted molar refractivity (Wildman–Crippen MR) is 53.0 cm³/mol. The van der Waals surface area contributed by atoms with E-state index in [-0.39, 0.29) is 11.6 Å². The zero-order valence-corrected chi connectivity index (χ0v) is 8.33. The standard InChI is InChI=1S/C10H18N2/c1-8-6-5-7-10(2,9(8)11)12(3)4/h5-7,9H,11H2,1-4H3. The minimum absolute atomic E-state index is 0.0289. The first-order valence-corrected chi connectivity index (χ1v) is 4.27. The van der Waals surface area contributed by atoms with E-state index < -0.39 is 0 Å². The number of rotatable bonds is 1. The maximum atomic E-state index is 6.10. The second kappa shape index (κ2) is 3.04. The second-order valence-corrected chi connectivity index (χ2v) is 3.87. The molecule has 1 aliphatic carbocycles. The molecule has 2 atom stereocenters. The van der Waals surface area contributed by atoms with Crippen molar-refractivity contribution in [1.29, 1.82) is 0 Å². The van der Waals surface area contributed by atoms with Crippen molar-refractivity contribution in [3.05, 3.63) is 23.8 Å². The average molecular weight is 166 g/mol. The third-order valence-corrected chi connectivity index (χ3v) is 2.88. The Hall–Kier alpha value is -0.600. The van der Waals surface area contributed by atoms with E-state index in [2.05, 4.69) is 51.1 Å². The van der Waals surface area contributed by atoms with E-state index in [4.69, 9.17) is 5.73 Å². The summed E-state index contributed by atoms with van der Waals surface area (Å²) in [7, 11) is 4.12. The largest absolute Gasteiger partial charge is 0.322 e. The molecule has 0 bridgehead atoms. The molecule has 0 spiro atoms. The Bertz CT molecular complexity index is 228. The Morgan fingerprint density at radius 2 is 2.08 bits per heavy atom. The SMILES string of the molecule is CC1=CC=CC(C)(N(C)C)C1N. The van der Waals surface area contributed by atoms with Crippen molar-refractivity contribution in [2.45, 2.75) is 25.4 Å². The number of nitrogens with zero attached hydrogens (tertiary/aromatic N) is 1. The Labute approximate surface area is 74.7 Å². The number of allylic oxidation sites excluding steroid dienone is 2. The summed E-state index contributed by atoms with van der Waals surface area (Å²) in [4.78, 5) is 2.16. The van der Waals surface area contributed by atoms with Crippen LogP contribution in [-0.4, -0.2) is 30.6 Å². The molecule has 0 aliphatic heterocycles. The van der Waals surface area contributed by atoms with E-state index in [9.17, 15) is 0 Å². The van der Waals surface area contributed by atoms with Gasteiger partial charge in [-0.2, -0.15) is 0 Å². The van der Waals surface area contributed by atoms with Crippen LogP contribution in [-0.2, 0) is 0 Å². The normalized spacial score (nSPS) is 35.5. The molecule has 0 aromatic heterocycles. The van der Waals surface area contributed by atoms with Gasteiger partial charge in [-0.15, -0.1) is 0 Å². The molecule has 0 aromatic carbocycles. The third kappa shape index (κ3) is 1.32. The molecule has 2 unspecified atom stereocenters.